The van der Waals surface area contributed by atoms with Crippen LogP contribution in [0.15, 0.2) is 169 Å². The Morgan fingerprint density at radius 2 is 1.08 bits per heavy atom. The van der Waals surface area contributed by atoms with Crippen molar-refractivity contribution < 1.29 is 8.42 Å². The first-order chi connectivity index (χ1) is 28.8. The van der Waals surface area contributed by atoms with E-state index in [2.05, 4.69) is 59.2 Å². The van der Waals surface area contributed by atoms with Gasteiger partial charge in [-0.25, -0.2) is 32.3 Å². The van der Waals surface area contributed by atoms with Crippen molar-refractivity contribution in [3.63, 3.8) is 0 Å². The van der Waals surface area contributed by atoms with Gasteiger partial charge in [-0.1, -0.05) is 78.6 Å². The Bertz CT molecular complexity index is 3160. The normalized spacial score (nSPS) is 10.7. The summed E-state index contributed by atoms with van der Waals surface area (Å²) < 4.78 is 28.5. The van der Waals surface area contributed by atoms with E-state index in [0.29, 0.717) is 28.4 Å². The van der Waals surface area contributed by atoms with Crippen LogP contribution in [0.5, 0.6) is 0 Å². The maximum atomic E-state index is 13.7. The van der Waals surface area contributed by atoms with E-state index in [0.717, 1.165) is 39.2 Å². The van der Waals surface area contributed by atoms with Crippen LogP contribution in [0, 0.1) is 23.7 Å². The number of hydrogen-bond donors (Lipinski definition) is 5. The number of H-pyrrole nitrogens is 1. The Morgan fingerprint density at radius 3 is 1.68 bits per heavy atom. The zero-order valence-corrected chi connectivity index (χ0v) is 32.0. The average molecular weight is 791 g/mol. The number of nitrogens with one attached hydrogen (secondary N) is 3. The summed E-state index contributed by atoms with van der Waals surface area (Å²) in [7, 11) is -3.98. The quantitative estimate of drug-likeness (QED) is 0.0816. The van der Waals surface area contributed by atoms with Gasteiger partial charge in [-0.3, -0.25) is 0 Å². The summed E-state index contributed by atoms with van der Waals surface area (Å²) in [6.45, 7) is 0. The Kier molecular flexibility index (Phi) is 10.7. The summed E-state index contributed by atoms with van der Waals surface area (Å²) in [5.74, 6) is 13.5. The number of aromatic amines is 1. The fourth-order valence-electron chi connectivity index (χ4n) is 6.05. The van der Waals surface area contributed by atoms with Crippen molar-refractivity contribution in [2.75, 3.05) is 22.1 Å². The first kappa shape index (κ1) is 37.5. The lowest BCUT2D eigenvalue weighted by Gasteiger charge is -2.10. The number of nitrogen functional groups attached to an aromatic ring is 2. The molecule has 12 nitrogen and oxygen atoms in total. The summed E-state index contributed by atoms with van der Waals surface area (Å²) in [5, 5.41) is 7.87. The van der Waals surface area contributed by atoms with Gasteiger partial charge in [0.1, 0.15) is 35.6 Å². The lowest BCUT2D eigenvalue weighted by molar-refractivity contribution is 0.588. The third-order valence-electron chi connectivity index (χ3n) is 8.78. The second kappa shape index (κ2) is 16.8. The molecule has 0 aliphatic heterocycles. The van der Waals surface area contributed by atoms with Gasteiger partial charge >= 0.3 is 0 Å². The molecule has 0 saturated heterocycles. The molecule has 0 radical (unpaired) electrons. The number of benzene rings is 5. The average Bonchev–Trinajstić information content (AvgIpc) is 3.87. The van der Waals surface area contributed by atoms with E-state index in [1.54, 1.807) is 48.5 Å². The van der Waals surface area contributed by atoms with E-state index in [9.17, 15) is 8.42 Å². The van der Waals surface area contributed by atoms with Gasteiger partial charge in [-0.2, -0.15) is 0 Å². The highest BCUT2D eigenvalue weighted by molar-refractivity contribution is 7.90. The summed E-state index contributed by atoms with van der Waals surface area (Å²) in [6, 6.07) is 45.8. The van der Waals surface area contributed by atoms with Gasteiger partial charge in [-0.15, -0.1) is 0 Å². The zero-order valence-electron chi connectivity index (χ0n) is 31.2. The largest absolute Gasteiger partial charge is 0.399 e. The molecule has 0 aliphatic carbocycles. The van der Waals surface area contributed by atoms with Gasteiger partial charge in [0.15, 0.2) is 5.65 Å². The number of rotatable bonds is 6. The van der Waals surface area contributed by atoms with E-state index >= 15 is 0 Å². The number of nitrogens with two attached hydrogens (primary N) is 2. The Morgan fingerprint density at radius 1 is 0.542 bits per heavy atom. The molecular formula is C46H34N10O2S. The molecular weight excluding hydrogens is 757 g/mol. The molecule has 0 unspecified atom stereocenters. The molecule has 0 aliphatic rings. The van der Waals surface area contributed by atoms with Crippen molar-refractivity contribution in [1.82, 2.24) is 28.9 Å². The SMILES string of the molecule is Nc1cccc(Nc2ncnc3[nH]c(C#Cc4ccccc4)cc23)c1.Nc1cccc(Nc2ncnc3c2cc(C#Cc2ccccc2)n3S(=O)(=O)c2ccccc2)c1. The summed E-state index contributed by atoms with van der Waals surface area (Å²) in [6.07, 6.45) is 2.84. The molecule has 0 spiro atoms. The molecule has 13 heteroatoms. The van der Waals surface area contributed by atoms with Crippen LogP contribution in [-0.4, -0.2) is 37.3 Å². The molecule has 9 aromatic rings. The van der Waals surface area contributed by atoms with E-state index in [1.165, 1.54) is 16.6 Å². The fourth-order valence-corrected chi connectivity index (χ4v) is 7.49. The molecule has 7 N–H and O–H groups in total. The van der Waals surface area contributed by atoms with Crippen molar-refractivity contribution in [1.29, 1.82) is 0 Å². The Labute approximate surface area is 340 Å². The first-order valence-corrected chi connectivity index (χ1v) is 19.6. The van der Waals surface area contributed by atoms with Crippen LogP contribution in [0.2, 0.25) is 0 Å². The smallest absolute Gasteiger partial charge is 0.270 e. The highest BCUT2D eigenvalue weighted by Gasteiger charge is 2.25. The number of fused-ring (bicyclic) bond motifs is 2. The molecule has 0 saturated carbocycles. The van der Waals surface area contributed by atoms with Gasteiger partial charge in [0.25, 0.3) is 10.0 Å². The van der Waals surface area contributed by atoms with E-state index in [1.807, 2.05) is 103 Å². The molecule has 0 bridgehead atoms. The van der Waals surface area contributed by atoms with Crippen LogP contribution in [0.4, 0.5) is 34.4 Å². The molecule has 286 valence electrons. The molecule has 5 aromatic carbocycles. The van der Waals surface area contributed by atoms with Crippen LogP contribution in [0.3, 0.4) is 0 Å². The third kappa shape index (κ3) is 8.71. The van der Waals surface area contributed by atoms with E-state index in [-0.39, 0.29) is 16.2 Å². The van der Waals surface area contributed by atoms with Crippen LogP contribution in [-0.2, 0) is 10.0 Å². The highest BCUT2D eigenvalue weighted by atomic mass is 32.2. The van der Waals surface area contributed by atoms with Crippen LogP contribution >= 0.6 is 0 Å². The molecule has 9 rings (SSSR count). The van der Waals surface area contributed by atoms with Crippen molar-refractivity contribution >= 4 is 66.5 Å². The standard InChI is InChI=1S/C26H19N5O2S.C20H15N5/c27-20-10-7-11-21(16-20)30-25-24-17-22(15-14-19-8-3-1-4-9-19)31(26(24)29-18-28-25)34(32,33)23-12-5-2-6-13-23;21-15-7-4-8-16(11-15)24-19-18-12-17(25-20(18)23-13-22-19)10-9-14-5-2-1-3-6-14/h1-13,16-18H,27H2,(H,28,29,30);1-8,11-13H,21H2,(H2,22,23,24,25). The highest BCUT2D eigenvalue weighted by Crippen LogP contribution is 2.30. The predicted molar refractivity (Wildman–Crippen MR) is 234 cm³/mol. The first-order valence-electron chi connectivity index (χ1n) is 18.2. The third-order valence-corrected chi connectivity index (χ3v) is 10.5. The van der Waals surface area contributed by atoms with Crippen molar-refractivity contribution in [3.05, 3.63) is 187 Å². The van der Waals surface area contributed by atoms with Gasteiger partial charge in [0.05, 0.1) is 21.4 Å². The summed E-state index contributed by atoms with van der Waals surface area (Å²) in [5.41, 5.74) is 18.3. The van der Waals surface area contributed by atoms with Gasteiger partial charge < -0.3 is 27.1 Å². The monoisotopic (exact) mass is 790 g/mol. The molecule has 4 heterocycles. The van der Waals surface area contributed by atoms with Crippen molar-refractivity contribution in [2.24, 2.45) is 0 Å². The molecule has 59 heavy (non-hydrogen) atoms. The van der Waals surface area contributed by atoms with E-state index < -0.39 is 10.0 Å². The molecule has 0 amide bonds. The number of anilines is 6. The minimum absolute atomic E-state index is 0.138. The number of aromatic nitrogens is 6. The molecule has 4 aromatic heterocycles. The Balaban J connectivity index is 0.000000172. The second-order valence-corrected chi connectivity index (χ2v) is 14.8. The van der Waals surface area contributed by atoms with Crippen LogP contribution in [0.25, 0.3) is 22.1 Å². The summed E-state index contributed by atoms with van der Waals surface area (Å²) in [4.78, 5) is 20.6. The minimum Gasteiger partial charge on any atom is -0.399 e. The zero-order chi connectivity index (χ0) is 40.6. The molecule has 0 atom stereocenters. The second-order valence-electron chi connectivity index (χ2n) is 13.0. The van der Waals surface area contributed by atoms with Gasteiger partial charge in [-0.05, 0) is 96.8 Å². The van der Waals surface area contributed by atoms with Gasteiger partial charge in [0.2, 0.25) is 0 Å². The fraction of sp³-hybridized carbons (Fsp3) is 0. The van der Waals surface area contributed by atoms with E-state index in [4.69, 9.17) is 11.5 Å². The molecule has 0 fully saturated rings. The maximum Gasteiger partial charge on any atom is 0.270 e. The lowest BCUT2D eigenvalue weighted by atomic mass is 10.2. The van der Waals surface area contributed by atoms with Gasteiger partial charge in [0, 0.05) is 33.9 Å². The van der Waals surface area contributed by atoms with Crippen molar-refractivity contribution in [2.45, 2.75) is 4.90 Å². The topological polar surface area (TPSA) is 183 Å². The maximum absolute atomic E-state index is 13.7. The minimum atomic E-state index is -3.98. The number of nitrogens with zero attached hydrogens (tertiary/aromatic N) is 5. The number of hydrogen-bond acceptors (Lipinski definition) is 10. The van der Waals surface area contributed by atoms with Crippen molar-refractivity contribution in [3.8, 4) is 23.7 Å². The van der Waals surface area contributed by atoms with Crippen LogP contribution < -0.4 is 22.1 Å². The lowest BCUT2D eigenvalue weighted by Crippen LogP contribution is -2.15. The van der Waals surface area contributed by atoms with Crippen LogP contribution in [0.1, 0.15) is 22.5 Å². The predicted octanol–water partition coefficient (Wildman–Crippen LogP) is 8.08. The Hall–Kier alpha value is -8.39. The summed E-state index contributed by atoms with van der Waals surface area (Å²) >= 11 is 0.